The van der Waals surface area contributed by atoms with Crippen LogP contribution in [0, 0.1) is 11.8 Å². The molecule has 0 radical (unpaired) electrons. The molecule has 0 aliphatic heterocycles. The molecule has 1 rings (SSSR count). The number of benzene rings is 1. The number of halogens is 1. The van der Waals surface area contributed by atoms with E-state index in [0.29, 0.717) is 12.2 Å². The fourth-order valence-electron chi connectivity index (χ4n) is 1.54. The van der Waals surface area contributed by atoms with Gasteiger partial charge in [-0.15, -0.1) is 0 Å². The second-order valence-electron chi connectivity index (χ2n) is 4.05. The molecular weight excluding hydrogens is 320 g/mol. The van der Waals surface area contributed by atoms with E-state index in [4.69, 9.17) is 4.74 Å². The van der Waals surface area contributed by atoms with Crippen LogP contribution in [0.25, 0.3) is 0 Å². The SMILES string of the molecule is CCOC(=O)CCC(=O)c1ccc(C#CCCBr)cc1. The molecule has 106 valence electrons. The van der Waals surface area contributed by atoms with Crippen molar-refractivity contribution in [3.8, 4) is 11.8 Å². The highest BCUT2D eigenvalue weighted by molar-refractivity contribution is 9.09. The zero-order valence-corrected chi connectivity index (χ0v) is 13.0. The van der Waals surface area contributed by atoms with Gasteiger partial charge in [0.25, 0.3) is 0 Å². The Morgan fingerprint density at radius 3 is 2.50 bits per heavy atom. The summed E-state index contributed by atoms with van der Waals surface area (Å²) in [4.78, 5) is 23.1. The standard InChI is InChI=1S/C16H17BrO3/c1-2-20-16(19)11-10-15(18)14-8-6-13(7-9-14)5-3-4-12-17/h6-9H,2,4,10-12H2,1H3. The fraction of sp³-hybridized carbons (Fsp3) is 0.375. The van der Waals surface area contributed by atoms with Gasteiger partial charge in [0, 0.05) is 29.3 Å². The molecule has 0 aliphatic rings. The molecule has 3 nitrogen and oxygen atoms in total. The lowest BCUT2D eigenvalue weighted by Crippen LogP contribution is -2.07. The van der Waals surface area contributed by atoms with Crippen LogP contribution < -0.4 is 0 Å². The molecule has 1 aromatic carbocycles. The summed E-state index contributed by atoms with van der Waals surface area (Å²) >= 11 is 3.31. The van der Waals surface area contributed by atoms with E-state index in [0.717, 1.165) is 17.3 Å². The average Bonchev–Trinajstić information content (AvgIpc) is 2.46. The van der Waals surface area contributed by atoms with E-state index < -0.39 is 0 Å². The van der Waals surface area contributed by atoms with Gasteiger partial charge in [-0.25, -0.2) is 0 Å². The minimum Gasteiger partial charge on any atom is -0.466 e. The van der Waals surface area contributed by atoms with Gasteiger partial charge in [0.05, 0.1) is 13.0 Å². The summed E-state index contributed by atoms with van der Waals surface area (Å²) in [6, 6.07) is 7.12. The third-order valence-electron chi connectivity index (χ3n) is 2.52. The maximum Gasteiger partial charge on any atom is 0.306 e. The van der Waals surface area contributed by atoms with Crippen molar-refractivity contribution in [2.45, 2.75) is 26.2 Å². The second kappa shape index (κ2) is 9.33. The maximum atomic E-state index is 11.9. The lowest BCUT2D eigenvalue weighted by atomic mass is 10.0. The molecule has 0 fully saturated rings. The molecule has 0 atom stereocenters. The topological polar surface area (TPSA) is 43.4 Å². The van der Waals surface area contributed by atoms with Crippen LogP contribution >= 0.6 is 15.9 Å². The molecule has 0 aromatic heterocycles. The first-order valence-electron chi connectivity index (χ1n) is 6.51. The van der Waals surface area contributed by atoms with Crippen molar-refractivity contribution < 1.29 is 14.3 Å². The number of hydrogen-bond donors (Lipinski definition) is 0. The summed E-state index contributed by atoms with van der Waals surface area (Å²) in [5.41, 5.74) is 1.48. The second-order valence-corrected chi connectivity index (χ2v) is 4.84. The van der Waals surface area contributed by atoms with Gasteiger partial charge in [-0.2, -0.15) is 0 Å². The van der Waals surface area contributed by atoms with Crippen LogP contribution in [0.2, 0.25) is 0 Å². The van der Waals surface area contributed by atoms with E-state index >= 15 is 0 Å². The first-order valence-corrected chi connectivity index (χ1v) is 7.63. The molecule has 0 saturated heterocycles. The molecule has 0 unspecified atom stereocenters. The molecular formula is C16H17BrO3. The summed E-state index contributed by atoms with van der Waals surface area (Å²) in [5, 5.41) is 0.852. The van der Waals surface area contributed by atoms with E-state index in [1.807, 2.05) is 12.1 Å². The van der Waals surface area contributed by atoms with Gasteiger partial charge in [-0.3, -0.25) is 9.59 Å². The highest BCUT2D eigenvalue weighted by atomic mass is 79.9. The Morgan fingerprint density at radius 1 is 1.20 bits per heavy atom. The van der Waals surface area contributed by atoms with E-state index in [1.165, 1.54) is 0 Å². The number of carbonyl (C=O) groups excluding carboxylic acids is 2. The Bertz CT molecular complexity index is 509. The van der Waals surface area contributed by atoms with Gasteiger partial charge in [-0.05, 0) is 19.1 Å². The van der Waals surface area contributed by atoms with Crippen molar-refractivity contribution in [1.82, 2.24) is 0 Å². The number of rotatable bonds is 6. The van der Waals surface area contributed by atoms with Gasteiger partial charge in [0.1, 0.15) is 0 Å². The van der Waals surface area contributed by atoms with Crippen LogP contribution in [0.5, 0.6) is 0 Å². The molecule has 0 bridgehead atoms. The third kappa shape index (κ3) is 6.03. The Hall–Kier alpha value is -1.60. The molecule has 0 aliphatic carbocycles. The molecule has 0 amide bonds. The predicted molar refractivity (Wildman–Crippen MR) is 81.9 cm³/mol. The number of carbonyl (C=O) groups is 2. The maximum absolute atomic E-state index is 11.9. The van der Waals surface area contributed by atoms with Crippen molar-refractivity contribution in [3.63, 3.8) is 0 Å². The minimum absolute atomic E-state index is 0.0574. The minimum atomic E-state index is -0.335. The lowest BCUT2D eigenvalue weighted by molar-refractivity contribution is -0.143. The van der Waals surface area contributed by atoms with Crippen molar-refractivity contribution in [3.05, 3.63) is 35.4 Å². The van der Waals surface area contributed by atoms with Gasteiger partial charge in [0.15, 0.2) is 5.78 Å². The molecule has 0 spiro atoms. The largest absolute Gasteiger partial charge is 0.466 e. The number of ketones is 1. The Labute approximate surface area is 127 Å². The smallest absolute Gasteiger partial charge is 0.306 e. The van der Waals surface area contributed by atoms with Crippen molar-refractivity contribution in [1.29, 1.82) is 0 Å². The first-order chi connectivity index (χ1) is 9.67. The van der Waals surface area contributed by atoms with Crippen molar-refractivity contribution in [2.24, 2.45) is 0 Å². The summed E-state index contributed by atoms with van der Waals surface area (Å²) in [6.45, 7) is 2.09. The Balaban J connectivity index is 2.54. The number of alkyl halides is 1. The summed E-state index contributed by atoms with van der Waals surface area (Å²) in [5.74, 6) is 5.63. The zero-order chi connectivity index (χ0) is 14.8. The van der Waals surface area contributed by atoms with Crippen LogP contribution in [-0.2, 0) is 9.53 Å². The molecule has 0 heterocycles. The Kier molecular flexibility index (Phi) is 7.67. The van der Waals surface area contributed by atoms with Crippen LogP contribution in [0.4, 0.5) is 0 Å². The average molecular weight is 337 g/mol. The van der Waals surface area contributed by atoms with Crippen molar-refractivity contribution >= 4 is 27.7 Å². The first kappa shape index (κ1) is 16.5. The quantitative estimate of drug-likeness (QED) is 0.346. The molecule has 0 N–H and O–H groups in total. The van der Waals surface area contributed by atoms with Crippen LogP contribution in [-0.4, -0.2) is 23.7 Å². The third-order valence-corrected chi connectivity index (χ3v) is 2.92. The Morgan fingerprint density at radius 2 is 1.90 bits per heavy atom. The zero-order valence-electron chi connectivity index (χ0n) is 11.4. The number of ether oxygens (including phenoxy) is 1. The lowest BCUT2D eigenvalue weighted by Gasteiger charge is -2.02. The number of hydrogen-bond acceptors (Lipinski definition) is 3. The van der Waals surface area contributed by atoms with Crippen LogP contribution in [0.3, 0.4) is 0 Å². The molecule has 20 heavy (non-hydrogen) atoms. The highest BCUT2D eigenvalue weighted by Crippen LogP contribution is 2.08. The molecule has 0 saturated carbocycles. The summed E-state index contributed by atoms with van der Waals surface area (Å²) in [7, 11) is 0. The summed E-state index contributed by atoms with van der Waals surface area (Å²) < 4.78 is 4.79. The normalized spacial score (nSPS) is 9.50. The molecule has 4 heteroatoms. The summed E-state index contributed by atoms with van der Waals surface area (Å²) in [6.07, 6.45) is 1.09. The number of esters is 1. The monoisotopic (exact) mass is 336 g/mol. The van der Waals surface area contributed by atoms with Gasteiger partial charge in [0.2, 0.25) is 0 Å². The number of Topliss-reactive ketones (excluding diaryl/α,β-unsaturated/α-hetero) is 1. The predicted octanol–water partition coefficient (Wildman–Crippen LogP) is 3.35. The van der Waals surface area contributed by atoms with Crippen LogP contribution in [0.15, 0.2) is 24.3 Å². The fourth-order valence-corrected chi connectivity index (χ4v) is 1.74. The van der Waals surface area contributed by atoms with Gasteiger partial charge < -0.3 is 4.74 Å². The van der Waals surface area contributed by atoms with Gasteiger partial charge >= 0.3 is 5.97 Å². The van der Waals surface area contributed by atoms with Gasteiger partial charge in [-0.1, -0.05) is 39.9 Å². The highest BCUT2D eigenvalue weighted by Gasteiger charge is 2.09. The van der Waals surface area contributed by atoms with E-state index in [1.54, 1.807) is 19.1 Å². The van der Waals surface area contributed by atoms with E-state index in [2.05, 4.69) is 27.8 Å². The van der Waals surface area contributed by atoms with Crippen molar-refractivity contribution in [2.75, 3.05) is 11.9 Å². The van der Waals surface area contributed by atoms with E-state index in [-0.39, 0.29) is 24.6 Å². The van der Waals surface area contributed by atoms with E-state index in [9.17, 15) is 9.59 Å². The molecule has 1 aromatic rings. The van der Waals surface area contributed by atoms with Crippen LogP contribution in [0.1, 0.15) is 42.1 Å².